The Morgan fingerprint density at radius 1 is 1.24 bits per heavy atom. The second-order valence-corrected chi connectivity index (χ2v) is 5.55. The van der Waals surface area contributed by atoms with E-state index in [2.05, 4.69) is 5.32 Å². The summed E-state index contributed by atoms with van der Waals surface area (Å²) in [5.74, 6) is -1.93. The highest BCUT2D eigenvalue weighted by molar-refractivity contribution is 5.85. The number of hydrogen-bond donors (Lipinski definition) is 2. The zero-order valence-corrected chi connectivity index (χ0v) is 11.8. The highest BCUT2D eigenvalue weighted by Crippen LogP contribution is 2.26. The fourth-order valence-corrected chi connectivity index (χ4v) is 2.89. The van der Waals surface area contributed by atoms with Crippen LogP contribution in [0.25, 0.3) is 0 Å². The molecule has 0 aliphatic heterocycles. The molecule has 1 amide bonds. The summed E-state index contributed by atoms with van der Waals surface area (Å²) in [7, 11) is 0. The number of rotatable bonds is 5. The van der Waals surface area contributed by atoms with E-state index in [1.165, 1.54) is 12.1 Å². The van der Waals surface area contributed by atoms with E-state index in [0.29, 0.717) is 0 Å². The molecule has 4 nitrogen and oxygen atoms in total. The molecule has 0 bridgehead atoms. The highest BCUT2D eigenvalue weighted by Gasteiger charge is 2.30. The van der Waals surface area contributed by atoms with Gasteiger partial charge in [-0.1, -0.05) is 37.5 Å². The number of hydrogen-bond acceptors (Lipinski definition) is 2. The van der Waals surface area contributed by atoms with Crippen molar-refractivity contribution in [3.63, 3.8) is 0 Å². The second kappa shape index (κ2) is 7.20. The van der Waals surface area contributed by atoms with E-state index in [1.807, 2.05) is 0 Å². The molecule has 1 atom stereocenters. The van der Waals surface area contributed by atoms with Crippen molar-refractivity contribution in [1.82, 2.24) is 5.32 Å². The number of carbonyl (C=O) groups excluding carboxylic acids is 1. The second-order valence-electron chi connectivity index (χ2n) is 5.55. The normalized spacial score (nSPS) is 17.2. The maximum Gasteiger partial charge on any atom is 0.326 e. The minimum Gasteiger partial charge on any atom is -0.480 e. The molecule has 1 aliphatic carbocycles. The van der Waals surface area contributed by atoms with Gasteiger partial charge in [0.15, 0.2) is 0 Å². The van der Waals surface area contributed by atoms with Gasteiger partial charge in [0.2, 0.25) is 5.91 Å². The summed E-state index contributed by atoms with van der Waals surface area (Å²) < 4.78 is 13.5. The Kier molecular flexibility index (Phi) is 5.31. The van der Waals surface area contributed by atoms with Crippen LogP contribution in [-0.2, 0) is 16.0 Å². The summed E-state index contributed by atoms with van der Waals surface area (Å²) in [6, 6.07) is 5.16. The van der Waals surface area contributed by atoms with E-state index < -0.39 is 23.7 Å². The third-order valence-electron chi connectivity index (χ3n) is 4.01. The quantitative estimate of drug-likeness (QED) is 0.876. The molecule has 1 aromatic rings. The molecule has 0 spiro atoms. The summed E-state index contributed by atoms with van der Waals surface area (Å²) in [6.07, 6.45) is 4.61. The van der Waals surface area contributed by atoms with Gasteiger partial charge in [-0.15, -0.1) is 0 Å². The monoisotopic (exact) mass is 293 g/mol. The van der Waals surface area contributed by atoms with Crippen LogP contribution in [0.3, 0.4) is 0 Å². The molecule has 1 unspecified atom stereocenters. The standard InChI is InChI=1S/C16H20FNO3/c17-13-9-5-4-8-12(13)10-14(19)18-15(16(20)21)11-6-2-1-3-7-11/h4-5,8-9,11,15H,1-3,6-7,10H2,(H,18,19)(H,20,21). The van der Waals surface area contributed by atoms with Crippen LogP contribution in [0.15, 0.2) is 24.3 Å². The van der Waals surface area contributed by atoms with Crippen molar-refractivity contribution >= 4 is 11.9 Å². The number of nitrogens with one attached hydrogen (secondary N) is 1. The third-order valence-corrected chi connectivity index (χ3v) is 4.01. The highest BCUT2D eigenvalue weighted by atomic mass is 19.1. The van der Waals surface area contributed by atoms with Crippen LogP contribution in [-0.4, -0.2) is 23.0 Å². The lowest BCUT2D eigenvalue weighted by Crippen LogP contribution is -2.47. The average molecular weight is 293 g/mol. The van der Waals surface area contributed by atoms with Crippen LogP contribution in [0.5, 0.6) is 0 Å². The van der Waals surface area contributed by atoms with E-state index in [0.717, 1.165) is 32.1 Å². The van der Waals surface area contributed by atoms with Gasteiger partial charge in [-0.3, -0.25) is 4.79 Å². The summed E-state index contributed by atoms with van der Waals surface area (Å²) in [6.45, 7) is 0. The molecule has 0 saturated heterocycles. The molecule has 0 aromatic heterocycles. The lowest BCUT2D eigenvalue weighted by Gasteiger charge is -2.28. The molecule has 2 N–H and O–H groups in total. The van der Waals surface area contributed by atoms with Crippen LogP contribution in [0.1, 0.15) is 37.7 Å². The number of carboxylic acid groups (broad SMARTS) is 1. The summed E-state index contributed by atoms with van der Waals surface area (Å²) >= 11 is 0. The Hall–Kier alpha value is -1.91. The van der Waals surface area contributed by atoms with Crippen molar-refractivity contribution in [3.8, 4) is 0 Å². The molecule has 0 heterocycles. The largest absolute Gasteiger partial charge is 0.480 e. The van der Waals surface area contributed by atoms with Crippen LogP contribution in [0.4, 0.5) is 4.39 Å². The van der Waals surface area contributed by atoms with Gasteiger partial charge in [-0.2, -0.15) is 0 Å². The fraction of sp³-hybridized carbons (Fsp3) is 0.500. The van der Waals surface area contributed by atoms with Gasteiger partial charge in [0, 0.05) is 0 Å². The van der Waals surface area contributed by atoms with E-state index in [9.17, 15) is 19.1 Å². The Morgan fingerprint density at radius 3 is 2.52 bits per heavy atom. The Labute approximate surface area is 123 Å². The summed E-state index contributed by atoms with van der Waals surface area (Å²) in [4.78, 5) is 23.3. The van der Waals surface area contributed by atoms with Crippen molar-refractivity contribution < 1.29 is 19.1 Å². The zero-order chi connectivity index (χ0) is 15.2. The predicted octanol–water partition coefficient (Wildman–Crippen LogP) is 2.52. The number of carboxylic acids is 1. The molecule has 2 rings (SSSR count). The fourth-order valence-electron chi connectivity index (χ4n) is 2.89. The SMILES string of the molecule is O=C(Cc1ccccc1F)NC(C(=O)O)C1CCCCC1. The average Bonchev–Trinajstić information content (AvgIpc) is 2.48. The maximum atomic E-state index is 13.5. The minimum atomic E-state index is -1.01. The molecule has 21 heavy (non-hydrogen) atoms. The van der Waals surface area contributed by atoms with E-state index in [-0.39, 0.29) is 17.9 Å². The first kappa shape index (κ1) is 15.5. The minimum absolute atomic E-state index is 0.0270. The number of aliphatic carboxylic acids is 1. The molecule has 1 fully saturated rings. The predicted molar refractivity (Wildman–Crippen MR) is 76.2 cm³/mol. The lowest BCUT2D eigenvalue weighted by atomic mass is 9.84. The third kappa shape index (κ3) is 4.28. The van der Waals surface area contributed by atoms with Gasteiger partial charge in [0.1, 0.15) is 11.9 Å². The molecule has 1 saturated carbocycles. The van der Waals surface area contributed by atoms with Crippen molar-refractivity contribution in [2.24, 2.45) is 5.92 Å². The van der Waals surface area contributed by atoms with Crippen molar-refractivity contribution in [2.45, 2.75) is 44.6 Å². The van der Waals surface area contributed by atoms with Gasteiger partial charge >= 0.3 is 5.97 Å². The molecule has 114 valence electrons. The van der Waals surface area contributed by atoms with Gasteiger partial charge in [0.25, 0.3) is 0 Å². The lowest BCUT2D eigenvalue weighted by molar-refractivity contribution is -0.143. The maximum absolute atomic E-state index is 13.5. The number of carbonyl (C=O) groups is 2. The molecule has 1 aliphatic rings. The van der Waals surface area contributed by atoms with Gasteiger partial charge < -0.3 is 10.4 Å². The van der Waals surface area contributed by atoms with Crippen LogP contribution in [0.2, 0.25) is 0 Å². The molecule has 1 aromatic carbocycles. The molecule has 5 heteroatoms. The Bertz CT molecular complexity index is 512. The first-order valence-electron chi connectivity index (χ1n) is 7.33. The van der Waals surface area contributed by atoms with Crippen molar-refractivity contribution in [1.29, 1.82) is 0 Å². The first-order chi connectivity index (χ1) is 10.1. The van der Waals surface area contributed by atoms with E-state index in [4.69, 9.17) is 0 Å². The van der Waals surface area contributed by atoms with Gasteiger partial charge in [-0.05, 0) is 30.4 Å². The first-order valence-corrected chi connectivity index (χ1v) is 7.33. The summed E-state index contributed by atoms with van der Waals surface area (Å²) in [5.41, 5.74) is 0.280. The van der Waals surface area contributed by atoms with Crippen molar-refractivity contribution in [3.05, 3.63) is 35.6 Å². The van der Waals surface area contributed by atoms with E-state index >= 15 is 0 Å². The topological polar surface area (TPSA) is 66.4 Å². The zero-order valence-electron chi connectivity index (χ0n) is 11.8. The van der Waals surface area contributed by atoms with Crippen molar-refractivity contribution in [2.75, 3.05) is 0 Å². The number of amides is 1. The summed E-state index contributed by atoms with van der Waals surface area (Å²) in [5, 5.41) is 11.9. The van der Waals surface area contributed by atoms with E-state index in [1.54, 1.807) is 12.1 Å². The number of halogens is 1. The van der Waals surface area contributed by atoms with Gasteiger partial charge in [0.05, 0.1) is 6.42 Å². The molecule has 0 radical (unpaired) electrons. The van der Waals surface area contributed by atoms with Crippen LogP contribution < -0.4 is 5.32 Å². The van der Waals surface area contributed by atoms with Crippen LogP contribution >= 0.6 is 0 Å². The Morgan fingerprint density at radius 2 is 1.90 bits per heavy atom. The van der Waals surface area contributed by atoms with Gasteiger partial charge in [-0.25, -0.2) is 9.18 Å². The number of benzene rings is 1. The molecular formula is C16H20FNO3. The smallest absolute Gasteiger partial charge is 0.326 e. The van der Waals surface area contributed by atoms with Crippen LogP contribution in [0, 0.1) is 11.7 Å². The Balaban J connectivity index is 1.98. The molecular weight excluding hydrogens is 273 g/mol.